The normalized spacial score (nSPS) is 19.2. The third-order valence-electron chi connectivity index (χ3n) is 3.12. The van der Waals surface area contributed by atoms with Gasteiger partial charge in [-0.1, -0.05) is 0 Å². The lowest BCUT2D eigenvalue weighted by atomic mass is 9.84. The van der Waals surface area contributed by atoms with E-state index in [1.165, 1.54) is 0 Å². The van der Waals surface area contributed by atoms with Gasteiger partial charge in [0, 0.05) is 29.6 Å². The number of aromatic nitrogens is 1. The maximum atomic E-state index is 5.43. The number of pyridine rings is 1. The summed E-state index contributed by atoms with van der Waals surface area (Å²) in [6, 6.07) is 4.09. The Kier molecular flexibility index (Phi) is 5.21. The van der Waals surface area contributed by atoms with Crippen LogP contribution in [0.25, 0.3) is 0 Å². The lowest BCUT2D eigenvalue weighted by Crippen LogP contribution is -2.33. The van der Waals surface area contributed by atoms with Gasteiger partial charge in [0.05, 0.1) is 5.03 Å². The number of nitrogens with zero attached hydrogens (tertiary/aromatic N) is 1. The molecule has 1 fully saturated rings. The highest BCUT2D eigenvalue weighted by molar-refractivity contribution is 9.10. The number of halogens is 1. The molecule has 1 aliphatic rings. The first-order valence-corrected chi connectivity index (χ1v) is 8.08. The Morgan fingerprint density at radius 3 is 2.76 bits per heavy atom. The molecule has 0 aromatic carbocycles. The predicted octanol–water partition coefficient (Wildman–Crippen LogP) is 3.66. The molecule has 1 aromatic heterocycles. The standard InChI is InChI=1S/C12H16BrNOS2/c13-10-1-2-11(14-7-10)17-9-12(8-16)3-5-15-6-4-12/h1-2,7,16H,3-6,8-9H2. The van der Waals surface area contributed by atoms with Crippen molar-refractivity contribution >= 4 is 40.3 Å². The number of ether oxygens (including phenoxy) is 1. The molecule has 0 spiro atoms. The summed E-state index contributed by atoms with van der Waals surface area (Å²) in [4.78, 5) is 4.39. The number of thiol groups is 1. The Bertz CT molecular complexity index is 352. The molecule has 0 amide bonds. The molecular weight excluding hydrogens is 318 g/mol. The summed E-state index contributed by atoms with van der Waals surface area (Å²) >= 11 is 9.73. The van der Waals surface area contributed by atoms with Gasteiger partial charge in [0.25, 0.3) is 0 Å². The molecule has 2 rings (SSSR count). The van der Waals surface area contributed by atoms with Crippen molar-refractivity contribution in [3.05, 3.63) is 22.8 Å². The van der Waals surface area contributed by atoms with Gasteiger partial charge in [-0.2, -0.15) is 12.6 Å². The SMILES string of the molecule is SCC1(CSc2ccc(Br)cn2)CCOCC1. The molecule has 1 saturated heterocycles. The smallest absolute Gasteiger partial charge is 0.0960 e. The highest BCUT2D eigenvalue weighted by Gasteiger charge is 2.31. The number of rotatable bonds is 4. The van der Waals surface area contributed by atoms with Gasteiger partial charge in [0.1, 0.15) is 0 Å². The average molecular weight is 334 g/mol. The van der Waals surface area contributed by atoms with Crippen LogP contribution in [-0.2, 0) is 4.74 Å². The molecule has 0 unspecified atom stereocenters. The third kappa shape index (κ3) is 3.88. The lowest BCUT2D eigenvalue weighted by molar-refractivity contribution is 0.0371. The fraction of sp³-hybridized carbons (Fsp3) is 0.583. The first kappa shape index (κ1) is 13.7. The second-order valence-corrected chi connectivity index (χ2v) is 6.60. The van der Waals surface area contributed by atoms with Crippen molar-refractivity contribution in [2.24, 2.45) is 5.41 Å². The van der Waals surface area contributed by atoms with Crippen LogP contribution in [-0.4, -0.2) is 29.7 Å². The van der Waals surface area contributed by atoms with Crippen LogP contribution >= 0.6 is 40.3 Å². The first-order valence-electron chi connectivity index (χ1n) is 5.67. The van der Waals surface area contributed by atoms with E-state index in [4.69, 9.17) is 4.74 Å². The molecule has 94 valence electrons. The quantitative estimate of drug-likeness (QED) is 0.671. The zero-order chi connectivity index (χ0) is 12.1. The largest absolute Gasteiger partial charge is 0.381 e. The molecule has 17 heavy (non-hydrogen) atoms. The number of thioether (sulfide) groups is 1. The van der Waals surface area contributed by atoms with Gasteiger partial charge in [-0.05, 0) is 52.1 Å². The van der Waals surface area contributed by atoms with E-state index in [2.05, 4.69) is 39.6 Å². The maximum Gasteiger partial charge on any atom is 0.0960 e. The van der Waals surface area contributed by atoms with Gasteiger partial charge in [-0.15, -0.1) is 11.8 Å². The summed E-state index contributed by atoms with van der Waals surface area (Å²) in [5.74, 6) is 2.01. The van der Waals surface area contributed by atoms with Crippen LogP contribution in [0.3, 0.4) is 0 Å². The summed E-state index contributed by atoms with van der Waals surface area (Å²) in [6.45, 7) is 1.74. The molecule has 0 N–H and O–H groups in total. The fourth-order valence-electron chi connectivity index (χ4n) is 1.83. The molecule has 0 radical (unpaired) electrons. The molecule has 0 bridgehead atoms. The van der Waals surface area contributed by atoms with E-state index >= 15 is 0 Å². The second kappa shape index (κ2) is 6.45. The van der Waals surface area contributed by atoms with Gasteiger partial charge in [0.15, 0.2) is 0 Å². The molecule has 0 aliphatic carbocycles. The van der Waals surface area contributed by atoms with E-state index in [1.54, 1.807) is 0 Å². The maximum absolute atomic E-state index is 5.43. The van der Waals surface area contributed by atoms with Crippen molar-refractivity contribution in [3.63, 3.8) is 0 Å². The molecular formula is C12H16BrNOS2. The Balaban J connectivity index is 1.93. The van der Waals surface area contributed by atoms with Gasteiger partial charge >= 0.3 is 0 Å². The second-order valence-electron chi connectivity index (χ2n) is 4.37. The molecule has 1 aromatic rings. The average Bonchev–Trinajstić information content (AvgIpc) is 2.39. The van der Waals surface area contributed by atoms with Crippen LogP contribution in [0.4, 0.5) is 0 Å². The van der Waals surface area contributed by atoms with Gasteiger partial charge in [-0.25, -0.2) is 4.98 Å². The van der Waals surface area contributed by atoms with E-state index in [1.807, 2.05) is 24.0 Å². The topological polar surface area (TPSA) is 22.1 Å². The number of hydrogen-bond acceptors (Lipinski definition) is 4. The van der Waals surface area contributed by atoms with E-state index in [-0.39, 0.29) is 0 Å². The third-order valence-corrected chi connectivity index (χ3v) is 5.55. The van der Waals surface area contributed by atoms with E-state index < -0.39 is 0 Å². The number of hydrogen-bond donors (Lipinski definition) is 1. The van der Waals surface area contributed by atoms with Crippen molar-refractivity contribution < 1.29 is 4.74 Å². The molecule has 1 aliphatic heterocycles. The fourth-order valence-corrected chi connectivity index (χ4v) is 3.78. The molecule has 5 heteroatoms. The van der Waals surface area contributed by atoms with E-state index in [9.17, 15) is 0 Å². The van der Waals surface area contributed by atoms with Crippen LogP contribution in [0.2, 0.25) is 0 Å². The summed E-state index contributed by atoms with van der Waals surface area (Å²) < 4.78 is 6.45. The Morgan fingerprint density at radius 1 is 1.41 bits per heavy atom. The van der Waals surface area contributed by atoms with Crippen molar-refractivity contribution in [3.8, 4) is 0 Å². The summed E-state index contributed by atoms with van der Waals surface area (Å²) in [5, 5.41) is 1.08. The van der Waals surface area contributed by atoms with Crippen molar-refractivity contribution in [2.45, 2.75) is 17.9 Å². The van der Waals surface area contributed by atoms with E-state index in [0.717, 1.165) is 47.1 Å². The molecule has 2 heterocycles. The summed E-state index contributed by atoms with van der Waals surface area (Å²) in [5.41, 5.74) is 0.320. The van der Waals surface area contributed by atoms with Crippen LogP contribution in [0, 0.1) is 5.41 Å². The molecule has 2 nitrogen and oxygen atoms in total. The van der Waals surface area contributed by atoms with Gasteiger partial charge in [-0.3, -0.25) is 0 Å². The van der Waals surface area contributed by atoms with Crippen LogP contribution in [0.1, 0.15) is 12.8 Å². The predicted molar refractivity (Wildman–Crippen MR) is 79.0 cm³/mol. The minimum atomic E-state index is 0.320. The summed E-state index contributed by atoms with van der Waals surface area (Å²) in [7, 11) is 0. The van der Waals surface area contributed by atoms with E-state index in [0.29, 0.717) is 5.41 Å². The van der Waals surface area contributed by atoms with Crippen LogP contribution in [0.5, 0.6) is 0 Å². The highest BCUT2D eigenvalue weighted by Crippen LogP contribution is 2.37. The minimum absolute atomic E-state index is 0.320. The van der Waals surface area contributed by atoms with Crippen molar-refractivity contribution in [1.82, 2.24) is 4.98 Å². The highest BCUT2D eigenvalue weighted by atomic mass is 79.9. The Morgan fingerprint density at radius 2 is 2.18 bits per heavy atom. The zero-order valence-corrected chi connectivity index (χ0v) is 12.9. The van der Waals surface area contributed by atoms with Crippen molar-refractivity contribution in [2.75, 3.05) is 24.7 Å². The lowest BCUT2D eigenvalue weighted by Gasteiger charge is -2.35. The van der Waals surface area contributed by atoms with Gasteiger partial charge < -0.3 is 4.74 Å². The zero-order valence-electron chi connectivity index (χ0n) is 9.56. The van der Waals surface area contributed by atoms with Crippen molar-refractivity contribution in [1.29, 1.82) is 0 Å². The van der Waals surface area contributed by atoms with Crippen LogP contribution < -0.4 is 0 Å². The van der Waals surface area contributed by atoms with Crippen LogP contribution in [0.15, 0.2) is 27.8 Å². The monoisotopic (exact) mass is 333 g/mol. The molecule has 0 saturated carbocycles. The molecule has 0 atom stereocenters. The summed E-state index contributed by atoms with van der Waals surface area (Å²) in [6.07, 6.45) is 4.07. The Hall–Kier alpha value is 0.290. The van der Waals surface area contributed by atoms with Gasteiger partial charge in [0.2, 0.25) is 0 Å². The first-order chi connectivity index (χ1) is 8.24. The minimum Gasteiger partial charge on any atom is -0.381 e. The Labute approximate surface area is 120 Å².